The number of nitrogens with one attached hydrogen (secondary N) is 1. The fourth-order valence-corrected chi connectivity index (χ4v) is 2.90. The van der Waals surface area contributed by atoms with Crippen LogP contribution in [0.2, 0.25) is 0 Å². The molecular formula is C18H24FN5. The Morgan fingerprint density at radius 2 is 1.83 bits per heavy atom. The molecule has 0 aliphatic carbocycles. The van der Waals surface area contributed by atoms with E-state index in [9.17, 15) is 4.39 Å². The Balaban J connectivity index is 1.52. The van der Waals surface area contributed by atoms with E-state index in [0.717, 1.165) is 62.9 Å². The number of anilines is 2. The number of hydrogen-bond acceptors (Lipinski definition) is 5. The molecule has 128 valence electrons. The quantitative estimate of drug-likeness (QED) is 0.882. The van der Waals surface area contributed by atoms with Crippen LogP contribution in [0.4, 0.5) is 16.0 Å². The Morgan fingerprint density at radius 1 is 1.08 bits per heavy atom. The van der Waals surface area contributed by atoms with Crippen molar-refractivity contribution in [1.82, 2.24) is 14.9 Å². The van der Waals surface area contributed by atoms with Gasteiger partial charge in [0.05, 0.1) is 0 Å². The molecular weight excluding hydrogens is 305 g/mol. The molecule has 2 heterocycles. The van der Waals surface area contributed by atoms with Crippen molar-refractivity contribution in [3.8, 4) is 0 Å². The van der Waals surface area contributed by atoms with E-state index in [1.54, 1.807) is 6.33 Å². The number of nitrogens with zero attached hydrogens (tertiary/aromatic N) is 4. The molecule has 0 radical (unpaired) electrons. The van der Waals surface area contributed by atoms with Gasteiger partial charge in [-0.3, -0.25) is 0 Å². The molecule has 0 spiro atoms. The molecule has 1 aliphatic rings. The van der Waals surface area contributed by atoms with Crippen LogP contribution >= 0.6 is 0 Å². The van der Waals surface area contributed by atoms with E-state index in [2.05, 4.69) is 32.0 Å². The topological polar surface area (TPSA) is 44.3 Å². The van der Waals surface area contributed by atoms with Crippen LogP contribution in [0, 0.1) is 5.82 Å². The van der Waals surface area contributed by atoms with E-state index in [0.29, 0.717) is 0 Å². The van der Waals surface area contributed by atoms with Crippen molar-refractivity contribution in [2.45, 2.75) is 13.3 Å². The van der Waals surface area contributed by atoms with Gasteiger partial charge in [-0.15, -0.1) is 0 Å². The third-order valence-corrected chi connectivity index (χ3v) is 4.43. The molecule has 1 aliphatic heterocycles. The highest BCUT2D eigenvalue weighted by atomic mass is 19.1. The third-order valence-electron chi connectivity index (χ3n) is 4.43. The molecule has 2 aromatic rings. The number of benzene rings is 1. The maximum absolute atomic E-state index is 12.9. The van der Waals surface area contributed by atoms with Crippen molar-refractivity contribution in [2.24, 2.45) is 0 Å². The summed E-state index contributed by atoms with van der Waals surface area (Å²) in [5.41, 5.74) is 1.11. The zero-order valence-electron chi connectivity index (χ0n) is 14.1. The lowest BCUT2D eigenvalue weighted by Crippen LogP contribution is -2.46. The maximum atomic E-state index is 12.9. The summed E-state index contributed by atoms with van der Waals surface area (Å²) in [5, 5.41) is 3.33. The van der Waals surface area contributed by atoms with Crippen molar-refractivity contribution in [3.05, 3.63) is 48.0 Å². The fraction of sp³-hybridized carbons (Fsp3) is 0.444. The zero-order chi connectivity index (χ0) is 16.8. The Bertz CT molecular complexity index is 638. The SMILES string of the molecule is CCN1CCN(c2cc(NCCc3ccc(F)cc3)ncn2)CC1. The number of aromatic nitrogens is 2. The lowest BCUT2D eigenvalue weighted by molar-refractivity contribution is 0.270. The highest BCUT2D eigenvalue weighted by Crippen LogP contribution is 2.16. The molecule has 24 heavy (non-hydrogen) atoms. The van der Waals surface area contributed by atoms with Gasteiger partial charge in [-0.25, -0.2) is 14.4 Å². The lowest BCUT2D eigenvalue weighted by Gasteiger charge is -2.34. The smallest absolute Gasteiger partial charge is 0.134 e. The minimum absolute atomic E-state index is 0.199. The Kier molecular flexibility index (Phi) is 5.59. The number of likely N-dealkylation sites (N-methyl/N-ethyl adjacent to an activating group) is 1. The summed E-state index contributed by atoms with van der Waals surface area (Å²) < 4.78 is 12.9. The van der Waals surface area contributed by atoms with Gasteiger partial charge in [-0.1, -0.05) is 19.1 Å². The van der Waals surface area contributed by atoms with E-state index in [1.807, 2.05) is 18.2 Å². The summed E-state index contributed by atoms with van der Waals surface area (Å²) in [6.45, 7) is 8.21. The molecule has 1 saturated heterocycles. The number of hydrogen-bond donors (Lipinski definition) is 1. The van der Waals surface area contributed by atoms with Gasteiger partial charge in [0.1, 0.15) is 23.8 Å². The van der Waals surface area contributed by atoms with E-state index in [4.69, 9.17) is 0 Å². The molecule has 1 aromatic carbocycles. The first-order valence-electron chi connectivity index (χ1n) is 8.52. The van der Waals surface area contributed by atoms with Crippen LogP contribution in [0.25, 0.3) is 0 Å². The van der Waals surface area contributed by atoms with Gasteiger partial charge >= 0.3 is 0 Å². The van der Waals surface area contributed by atoms with Crippen LogP contribution in [-0.2, 0) is 6.42 Å². The van der Waals surface area contributed by atoms with Gasteiger partial charge in [0.2, 0.25) is 0 Å². The Labute approximate surface area is 142 Å². The summed E-state index contributed by atoms with van der Waals surface area (Å²) in [7, 11) is 0. The van der Waals surface area contributed by atoms with Crippen LogP contribution in [-0.4, -0.2) is 54.1 Å². The van der Waals surface area contributed by atoms with Gasteiger partial charge in [0.15, 0.2) is 0 Å². The lowest BCUT2D eigenvalue weighted by atomic mass is 10.1. The summed E-state index contributed by atoms with van der Waals surface area (Å²) in [5.74, 6) is 1.61. The minimum Gasteiger partial charge on any atom is -0.370 e. The van der Waals surface area contributed by atoms with E-state index < -0.39 is 0 Å². The van der Waals surface area contributed by atoms with Gasteiger partial charge in [0, 0.05) is 38.8 Å². The largest absolute Gasteiger partial charge is 0.370 e. The standard InChI is InChI=1S/C18H24FN5/c1-2-23-9-11-24(12-10-23)18-13-17(21-14-22-18)20-8-7-15-3-5-16(19)6-4-15/h3-6,13-14H,2,7-12H2,1H3,(H,20,21,22). The van der Waals surface area contributed by atoms with Crippen LogP contribution in [0.3, 0.4) is 0 Å². The number of piperazine rings is 1. The molecule has 1 N–H and O–H groups in total. The Morgan fingerprint density at radius 3 is 2.54 bits per heavy atom. The van der Waals surface area contributed by atoms with Crippen LogP contribution < -0.4 is 10.2 Å². The monoisotopic (exact) mass is 329 g/mol. The summed E-state index contributed by atoms with van der Waals surface area (Å²) in [4.78, 5) is 13.4. The first-order valence-corrected chi connectivity index (χ1v) is 8.52. The molecule has 6 heteroatoms. The second kappa shape index (κ2) is 8.06. The molecule has 5 nitrogen and oxygen atoms in total. The van der Waals surface area contributed by atoms with Gasteiger partial charge in [-0.2, -0.15) is 0 Å². The number of halogens is 1. The third kappa shape index (κ3) is 4.41. The molecule has 0 atom stereocenters. The van der Waals surface area contributed by atoms with Crippen LogP contribution in [0.5, 0.6) is 0 Å². The van der Waals surface area contributed by atoms with E-state index in [-0.39, 0.29) is 5.82 Å². The van der Waals surface area contributed by atoms with Crippen LogP contribution in [0.15, 0.2) is 36.7 Å². The Hall–Kier alpha value is -2.21. The van der Waals surface area contributed by atoms with Crippen molar-refractivity contribution in [2.75, 3.05) is 49.5 Å². The van der Waals surface area contributed by atoms with E-state index >= 15 is 0 Å². The average Bonchev–Trinajstić information content (AvgIpc) is 2.64. The molecule has 0 amide bonds. The zero-order valence-corrected chi connectivity index (χ0v) is 14.1. The molecule has 0 saturated carbocycles. The highest BCUT2D eigenvalue weighted by Gasteiger charge is 2.17. The number of rotatable bonds is 6. The minimum atomic E-state index is -0.199. The fourth-order valence-electron chi connectivity index (χ4n) is 2.90. The normalized spacial score (nSPS) is 15.5. The van der Waals surface area contributed by atoms with Crippen molar-refractivity contribution in [1.29, 1.82) is 0 Å². The molecule has 1 fully saturated rings. The first-order chi connectivity index (χ1) is 11.7. The molecule has 0 bridgehead atoms. The first kappa shape index (κ1) is 16.6. The second-order valence-corrected chi connectivity index (χ2v) is 5.99. The van der Waals surface area contributed by atoms with Crippen LogP contribution in [0.1, 0.15) is 12.5 Å². The second-order valence-electron chi connectivity index (χ2n) is 5.99. The van der Waals surface area contributed by atoms with Crippen molar-refractivity contribution >= 4 is 11.6 Å². The van der Waals surface area contributed by atoms with Gasteiger partial charge in [0.25, 0.3) is 0 Å². The predicted octanol–water partition coefficient (Wildman–Crippen LogP) is 2.41. The van der Waals surface area contributed by atoms with Gasteiger partial charge in [-0.05, 0) is 30.7 Å². The molecule has 1 aromatic heterocycles. The summed E-state index contributed by atoms with van der Waals surface area (Å²) in [6.07, 6.45) is 2.44. The van der Waals surface area contributed by atoms with E-state index in [1.165, 1.54) is 12.1 Å². The highest BCUT2D eigenvalue weighted by molar-refractivity contribution is 5.48. The maximum Gasteiger partial charge on any atom is 0.134 e. The predicted molar refractivity (Wildman–Crippen MR) is 95.0 cm³/mol. The average molecular weight is 329 g/mol. The summed E-state index contributed by atoms with van der Waals surface area (Å²) in [6, 6.07) is 8.62. The van der Waals surface area contributed by atoms with Crippen molar-refractivity contribution < 1.29 is 4.39 Å². The molecule has 3 rings (SSSR count). The summed E-state index contributed by atoms with van der Waals surface area (Å²) >= 11 is 0. The van der Waals surface area contributed by atoms with Gasteiger partial charge < -0.3 is 15.1 Å². The molecule has 0 unspecified atom stereocenters. The van der Waals surface area contributed by atoms with Crippen molar-refractivity contribution in [3.63, 3.8) is 0 Å².